The van der Waals surface area contributed by atoms with E-state index < -0.39 is 11.5 Å². The normalized spacial score (nSPS) is 18.2. The number of carbonyl (C=O) groups excluding carboxylic acids is 1. The molecule has 0 spiro atoms. The first-order chi connectivity index (χ1) is 15.8. The zero-order valence-corrected chi connectivity index (χ0v) is 18.3. The van der Waals surface area contributed by atoms with Gasteiger partial charge in [0.15, 0.2) is 5.76 Å². The number of amides is 1. The molecule has 1 unspecified atom stereocenters. The molecule has 1 amide bonds. The van der Waals surface area contributed by atoms with Gasteiger partial charge < -0.3 is 19.8 Å². The number of pyridine rings is 1. The summed E-state index contributed by atoms with van der Waals surface area (Å²) in [6.45, 7) is 2.32. The Morgan fingerprint density at radius 1 is 1.09 bits per heavy atom. The predicted octanol–water partition coefficient (Wildman–Crippen LogP) is 2.03. The third kappa shape index (κ3) is 3.82. The van der Waals surface area contributed by atoms with Gasteiger partial charge in [-0.2, -0.15) is 5.10 Å². The van der Waals surface area contributed by atoms with Gasteiger partial charge in [-0.1, -0.05) is 11.2 Å². The molecule has 1 aliphatic heterocycles. The maximum absolute atomic E-state index is 12.4. The fourth-order valence-corrected chi connectivity index (χ4v) is 3.76. The van der Waals surface area contributed by atoms with E-state index in [0.717, 1.165) is 11.4 Å². The van der Waals surface area contributed by atoms with Gasteiger partial charge in [0, 0.05) is 45.0 Å². The highest BCUT2D eigenvalue weighted by molar-refractivity contribution is 5.87. The summed E-state index contributed by atoms with van der Waals surface area (Å²) in [5.41, 5.74) is 2.04. The van der Waals surface area contributed by atoms with Crippen molar-refractivity contribution in [3.05, 3.63) is 54.2 Å². The first-order valence-corrected chi connectivity index (χ1v) is 10.4. The van der Waals surface area contributed by atoms with Crippen LogP contribution in [0.3, 0.4) is 0 Å². The Kier molecular flexibility index (Phi) is 4.90. The Morgan fingerprint density at radius 3 is 2.58 bits per heavy atom. The molecule has 1 saturated heterocycles. The molecule has 0 saturated carbocycles. The van der Waals surface area contributed by atoms with Gasteiger partial charge >= 0.3 is 0 Å². The van der Waals surface area contributed by atoms with E-state index in [1.54, 1.807) is 30.1 Å². The summed E-state index contributed by atoms with van der Waals surface area (Å²) in [5.74, 6) is 0.136. The number of rotatable bonds is 5. The van der Waals surface area contributed by atoms with Crippen molar-refractivity contribution in [1.82, 2.24) is 34.8 Å². The highest BCUT2D eigenvalue weighted by Gasteiger charge is 2.48. The molecule has 0 radical (unpaired) electrons. The van der Waals surface area contributed by atoms with Gasteiger partial charge in [-0.15, -0.1) is 0 Å². The average Bonchev–Trinajstić information content (AvgIpc) is 3.51. The molecule has 5 heterocycles. The quantitative estimate of drug-likeness (QED) is 0.472. The molecule has 4 aromatic heterocycles. The molecule has 11 nitrogen and oxygen atoms in total. The smallest absolute Gasteiger partial charge is 0.262 e. The van der Waals surface area contributed by atoms with Crippen LogP contribution in [0.5, 0.6) is 0 Å². The fraction of sp³-hybridized carbons (Fsp3) is 0.273. The molecule has 1 atom stereocenters. The predicted molar refractivity (Wildman–Crippen MR) is 118 cm³/mol. The molecule has 4 aromatic rings. The summed E-state index contributed by atoms with van der Waals surface area (Å²) in [7, 11) is 3.47. The second-order valence-electron chi connectivity index (χ2n) is 8.07. The van der Waals surface area contributed by atoms with E-state index in [9.17, 15) is 9.90 Å². The Hall–Kier alpha value is -4.12. The van der Waals surface area contributed by atoms with Crippen molar-refractivity contribution in [2.45, 2.75) is 18.9 Å². The lowest BCUT2D eigenvalue weighted by Gasteiger charge is -2.16. The van der Waals surface area contributed by atoms with Crippen LogP contribution in [-0.4, -0.2) is 59.4 Å². The van der Waals surface area contributed by atoms with E-state index in [4.69, 9.17) is 4.52 Å². The number of anilines is 2. The second-order valence-corrected chi connectivity index (χ2v) is 8.07. The van der Waals surface area contributed by atoms with Gasteiger partial charge in [0.05, 0.1) is 29.0 Å². The SMILES string of the molecule is Cc1cc(-c2cccc(-c3cc(C4(O)CCN(C)C4=O)on3)n2)nc(Nc2cnn(C)c2)n1. The lowest BCUT2D eigenvalue weighted by molar-refractivity contribution is -0.144. The van der Waals surface area contributed by atoms with Crippen LogP contribution in [0.1, 0.15) is 17.9 Å². The highest BCUT2D eigenvalue weighted by Crippen LogP contribution is 2.34. The molecule has 1 fully saturated rings. The van der Waals surface area contributed by atoms with Crippen LogP contribution in [0, 0.1) is 6.92 Å². The molecule has 11 heteroatoms. The van der Waals surface area contributed by atoms with E-state index >= 15 is 0 Å². The van der Waals surface area contributed by atoms with Crippen molar-refractivity contribution < 1.29 is 14.4 Å². The van der Waals surface area contributed by atoms with Crippen LogP contribution in [0.15, 0.2) is 47.2 Å². The summed E-state index contributed by atoms with van der Waals surface area (Å²) in [5, 5.41) is 22.1. The molecular formula is C22H22N8O3. The van der Waals surface area contributed by atoms with Crippen molar-refractivity contribution in [2.75, 3.05) is 18.9 Å². The van der Waals surface area contributed by atoms with Gasteiger partial charge in [0.2, 0.25) is 11.5 Å². The van der Waals surface area contributed by atoms with Crippen molar-refractivity contribution in [3.8, 4) is 22.8 Å². The summed E-state index contributed by atoms with van der Waals surface area (Å²) < 4.78 is 7.03. The summed E-state index contributed by atoms with van der Waals surface area (Å²) in [4.78, 5) is 27.5. The third-order valence-corrected chi connectivity index (χ3v) is 5.52. The summed E-state index contributed by atoms with van der Waals surface area (Å²) in [6.07, 6.45) is 3.76. The average molecular weight is 446 g/mol. The molecular weight excluding hydrogens is 424 g/mol. The van der Waals surface area contributed by atoms with Crippen molar-refractivity contribution in [1.29, 1.82) is 0 Å². The number of aryl methyl sites for hydroxylation is 2. The number of nitrogens with one attached hydrogen (secondary N) is 1. The van der Waals surface area contributed by atoms with Gasteiger partial charge in [-0.05, 0) is 25.1 Å². The second kappa shape index (κ2) is 7.78. The number of hydrogen-bond acceptors (Lipinski definition) is 9. The molecule has 33 heavy (non-hydrogen) atoms. The Labute approximate surface area is 189 Å². The number of hydrogen-bond donors (Lipinski definition) is 2. The Balaban J connectivity index is 1.45. The zero-order chi connectivity index (χ0) is 23.2. The fourth-order valence-electron chi connectivity index (χ4n) is 3.76. The lowest BCUT2D eigenvalue weighted by atomic mass is 9.98. The standard InChI is InChI=1S/C22H22N8O3/c1-13-9-17(27-21(24-13)25-14-11-23-30(3)12-14)15-5-4-6-16(26-15)18-10-19(33-28-18)22(32)7-8-29(2)20(22)31/h4-6,9-12,32H,7-8H2,1-3H3,(H,24,25,27). The van der Waals surface area contributed by atoms with Crippen LogP contribution in [0.25, 0.3) is 22.8 Å². The topological polar surface area (TPSA) is 135 Å². The maximum Gasteiger partial charge on any atom is 0.262 e. The number of carbonyl (C=O) groups is 1. The van der Waals surface area contributed by atoms with E-state index in [2.05, 4.69) is 30.5 Å². The van der Waals surface area contributed by atoms with Crippen molar-refractivity contribution >= 4 is 17.5 Å². The number of aliphatic hydroxyl groups is 1. The molecule has 0 bridgehead atoms. The molecule has 5 rings (SSSR count). The van der Waals surface area contributed by atoms with Crippen LogP contribution >= 0.6 is 0 Å². The first kappa shape index (κ1) is 20.8. The Morgan fingerprint density at radius 2 is 1.88 bits per heavy atom. The monoisotopic (exact) mass is 446 g/mol. The van der Waals surface area contributed by atoms with Crippen LogP contribution in [0.2, 0.25) is 0 Å². The van der Waals surface area contributed by atoms with Gasteiger partial charge in [-0.25, -0.2) is 15.0 Å². The van der Waals surface area contributed by atoms with E-state index in [1.165, 1.54) is 4.90 Å². The van der Waals surface area contributed by atoms with E-state index in [-0.39, 0.29) is 12.2 Å². The number of likely N-dealkylation sites (N-methyl/N-ethyl adjacent to an activating group) is 1. The lowest BCUT2D eigenvalue weighted by Crippen LogP contribution is -2.35. The van der Waals surface area contributed by atoms with E-state index in [0.29, 0.717) is 35.3 Å². The van der Waals surface area contributed by atoms with Gasteiger partial charge in [0.1, 0.15) is 5.69 Å². The Bertz CT molecular complexity index is 1350. The van der Waals surface area contributed by atoms with E-state index in [1.807, 2.05) is 38.4 Å². The van der Waals surface area contributed by atoms with Crippen LogP contribution in [-0.2, 0) is 17.4 Å². The van der Waals surface area contributed by atoms with Crippen molar-refractivity contribution in [3.63, 3.8) is 0 Å². The minimum Gasteiger partial charge on any atom is -0.373 e. The zero-order valence-electron chi connectivity index (χ0n) is 18.3. The number of aromatic nitrogens is 6. The summed E-state index contributed by atoms with van der Waals surface area (Å²) >= 11 is 0. The van der Waals surface area contributed by atoms with Gasteiger partial charge in [-0.3, -0.25) is 9.48 Å². The van der Waals surface area contributed by atoms with Crippen LogP contribution < -0.4 is 5.32 Å². The maximum atomic E-state index is 12.4. The first-order valence-electron chi connectivity index (χ1n) is 10.4. The molecule has 1 aliphatic rings. The molecule has 2 N–H and O–H groups in total. The minimum atomic E-state index is -1.70. The molecule has 0 aliphatic carbocycles. The summed E-state index contributed by atoms with van der Waals surface area (Å²) in [6, 6.07) is 8.85. The van der Waals surface area contributed by atoms with Gasteiger partial charge in [0.25, 0.3) is 5.91 Å². The van der Waals surface area contributed by atoms with Crippen molar-refractivity contribution in [2.24, 2.45) is 7.05 Å². The molecule has 168 valence electrons. The molecule has 0 aromatic carbocycles. The van der Waals surface area contributed by atoms with Crippen LogP contribution in [0.4, 0.5) is 11.6 Å². The third-order valence-electron chi connectivity index (χ3n) is 5.52. The number of nitrogens with zero attached hydrogens (tertiary/aromatic N) is 7. The minimum absolute atomic E-state index is 0.111. The largest absolute Gasteiger partial charge is 0.373 e. The number of likely N-dealkylation sites (tertiary alicyclic amines) is 1. The highest BCUT2D eigenvalue weighted by atomic mass is 16.5.